The fourth-order valence-corrected chi connectivity index (χ4v) is 2.66. The lowest BCUT2D eigenvalue weighted by Crippen LogP contribution is -2.41. The second-order valence-electron chi connectivity index (χ2n) is 5.03. The molecule has 2 N–H and O–H groups in total. The summed E-state index contributed by atoms with van der Waals surface area (Å²) in [6, 6.07) is 7.49. The molecular weight excluding hydrogens is 288 g/mol. The number of urea groups is 1. The number of aliphatic carboxylic acids is 1. The molecule has 1 rings (SSSR count). The van der Waals surface area contributed by atoms with Gasteiger partial charge >= 0.3 is 12.0 Å². The number of rotatable bonds is 6. The van der Waals surface area contributed by atoms with Crippen molar-refractivity contribution in [2.24, 2.45) is 5.92 Å². The minimum Gasteiger partial charge on any atom is -0.481 e. The molecule has 2 atom stereocenters. The Hall–Kier alpha value is -1.69. The maximum atomic E-state index is 12.1. The highest BCUT2D eigenvalue weighted by Gasteiger charge is 2.19. The minimum atomic E-state index is -0.907. The van der Waals surface area contributed by atoms with Gasteiger partial charge in [0.15, 0.2) is 0 Å². The molecule has 5 nitrogen and oxygen atoms in total. The Balaban J connectivity index is 2.67. The van der Waals surface area contributed by atoms with E-state index in [4.69, 9.17) is 5.11 Å². The summed E-state index contributed by atoms with van der Waals surface area (Å²) in [6.45, 7) is 3.68. The third kappa shape index (κ3) is 4.97. The molecule has 0 fully saturated rings. The Bertz CT molecular complexity index is 507. The monoisotopic (exact) mass is 310 g/mol. The number of nitrogens with zero attached hydrogens (tertiary/aromatic N) is 1. The van der Waals surface area contributed by atoms with Crippen molar-refractivity contribution in [1.82, 2.24) is 10.2 Å². The second-order valence-corrected chi connectivity index (χ2v) is 5.88. The van der Waals surface area contributed by atoms with Gasteiger partial charge < -0.3 is 15.3 Å². The lowest BCUT2D eigenvalue weighted by Gasteiger charge is -2.23. The molecule has 6 heteroatoms. The van der Waals surface area contributed by atoms with Crippen LogP contribution in [0.1, 0.15) is 25.5 Å². The average Bonchev–Trinajstić information content (AvgIpc) is 2.46. The first-order chi connectivity index (χ1) is 9.86. The highest BCUT2D eigenvalue weighted by Crippen LogP contribution is 2.25. The van der Waals surface area contributed by atoms with Gasteiger partial charge in [-0.15, -0.1) is 11.8 Å². The number of hydrogen-bond donors (Lipinski definition) is 2. The van der Waals surface area contributed by atoms with Crippen molar-refractivity contribution in [1.29, 1.82) is 0 Å². The number of nitrogens with one attached hydrogen (secondary N) is 1. The number of carboxylic acids is 1. The van der Waals surface area contributed by atoms with Crippen molar-refractivity contribution in [2.75, 3.05) is 19.8 Å². The molecule has 1 aromatic rings. The van der Waals surface area contributed by atoms with Crippen LogP contribution in [0.2, 0.25) is 0 Å². The normalized spacial score (nSPS) is 13.3. The molecule has 1 aromatic carbocycles. The smallest absolute Gasteiger partial charge is 0.317 e. The third-order valence-corrected chi connectivity index (χ3v) is 4.07. The summed E-state index contributed by atoms with van der Waals surface area (Å²) in [5.74, 6) is -1.50. The summed E-state index contributed by atoms with van der Waals surface area (Å²) in [4.78, 5) is 25.4. The van der Waals surface area contributed by atoms with Crippen molar-refractivity contribution in [3.8, 4) is 0 Å². The summed E-state index contributed by atoms with van der Waals surface area (Å²) >= 11 is 1.63. The van der Waals surface area contributed by atoms with Crippen LogP contribution in [0.5, 0.6) is 0 Å². The number of amides is 2. The van der Waals surface area contributed by atoms with E-state index in [1.165, 1.54) is 4.90 Å². The van der Waals surface area contributed by atoms with Gasteiger partial charge in [-0.2, -0.15) is 0 Å². The van der Waals surface area contributed by atoms with Crippen LogP contribution in [0, 0.1) is 5.92 Å². The van der Waals surface area contributed by atoms with Crippen molar-refractivity contribution >= 4 is 23.8 Å². The van der Waals surface area contributed by atoms with E-state index >= 15 is 0 Å². The summed E-state index contributed by atoms with van der Waals surface area (Å²) in [6.07, 6.45) is 1.99. The van der Waals surface area contributed by atoms with E-state index in [2.05, 4.69) is 5.32 Å². The molecule has 0 spiro atoms. The molecule has 2 amide bonds. The standard InChI is InChI=1S/C15H22N2O3S/c1-10(14(18)19)9-17(3)15(20)16-11(2)12-7-5-6-8-13(12)21-4/h5-8,10-11H,9H2,1-4H3,(H,16,20)(H,18,19)/t10?,11-/m0/s1. The number of carboxylic acid groups (broad SMARTS) is 1. The van der Waals surface area contributed by atoms with E-state index in [0.29, 0.717) is 0 Å². The average molecular weight is 310 g/mol. The van der Waals surface area contributed by atoms with Gasteiger partial charge in [0.2, 0.25) is 0 Å². The zero-order valence-corrected chi connectivity index (χ0v) is 13.6. The molecule has 0 radical (unpaired) electrons. The molecule has 0 saturated heterocycles. The summed E-state index contributed by atoms with van der Waals surface area (Å²) in [7, 11) is 1.60. The van der Waals surface area contributed by atoms with Crippen LogP contribution in [-0.2, 0) is 4.79 Å². The second kappa shape index (κ2) is 7.93. The van der Waals surface area contributed by atoms with Gasteiger partial charge in [0.25, 0.3) is 0 Å². The van der Waals surface area contributed by atoms with Crippen LogP contribution >= 0.6 is 11.8 Å². The summed E-state index contributed by atoms with van der Waals surface area (Å²) < 4.78 is 0. The lowest BCUT2D eigenvalue weighted by atomic mass is 10.1. The zero-order valence-electron chi connectivity index (χ0n) is 12.8. The van der Waals surface area contributed by atoms with E-state index in [0.717, 1.165) is 10.5 Å². The van der Waals surface area contributed by atoms with Crippen LogP contribution in [-0.4, -0.2) is 41.9 Å². The SMILES string of the molecule is CSc1ccccc1[C@H](C)NC(=O)N(C)CC(C)C(=O)O. The molecule has 0 bridgehead atoms. The molecule has 0 aliphatic heterocycles. The molecular formula is C15H22N2O3S. The molecule has 0 heterocycles. The Morgan fingerprint density at radius 3 is 2.52 bits per heavy atom. The predicted molar refractivity (Wildman–Crippen MR) is 84.6 cm³/mol. The maximum absolute atomic E-state index is 12.1. The first kappa shape index (κ1) is 17.4. The highest BCUT2D eigenvalue weighted by atomic mass is 32.2. The fraction of sp³-hybridized carbons (Fsp3) is 0.467. The first-order valence-electron chi connectivity index (χ1n) is 6.74. The van der Waals surface area contributed by atoms with E-state index in [9.17, 15) is 9.59 Å². The van der Waals surface area contributed by atoms with Crippen molar-refractivity contribution < 1.29 is 14.7 Å². The van der Waals surface area contributed by atoms with Gasteiger partial charge in [-0.05, 0) is 24.8 Å². The zero-order chi connectivity index (χ0) is 16.0. The number of carbonyl (C=O) groups is 2. The quantitative estimate of drug-likeness (QED) is 0.793. The molecule has 0 aliphatic carbocycles. The minimum absolute atomic E-state index is 0.135. The highest BCUT2D eigenvalue weighted by molar-refractivity contribution is 7.98. The van der Waals surface area contributed by atoms with Crippen LogP contribution in [0.3, 0.4) is 0 Å². The summed E-state index contributed by atoms with van der Waals surface area (Å²) in [5, 5.41) is 11.8. The van der Waals surface area contributed by atoms with Gasteiger partial charge in [-0.3, -0.25) is 4.79 Å². The topological polar surface area (TPSA) is 69.6 Å². The molecule has 0 saturated carbocycles. The number of thioether (sulfide) groups is 1. The Kier molecular flexibility index (Phi) is 6.55. The van der Waals surface area contributed by atoms with Gasteiger partial charge in [0.1, 0.15) is 0 Å². The van der Waals surface area contributed by atoms with Crippen LogP contribution < -0.4 is 5.32 Å². The Labute approximate surface area is 129 Å². The van der Waals surface area contributed by atoms with E-state index in [-0.39, 0.29) is 18.6 Å². The van der Waals surface area contributed by atoms with Gasteiger partial charge in [-0.1, -0.05) is 25.1 Å². The summed E-state index contributed by atoms with van der Waals surface area (Å²) in [5.41, 5.74) is 1.05. The largest absolute Gasteiger partial charge is 0.481 e. The van der Waals surface area contributed by atoms with Crippen molar-refractivity contribution in [3.63, 3.8) is 0 Å². The van der Waals surface area contributed by atoms with Gasteiger partial charge in [0.05, 0.1) is 12.0 Å². The van der Waals surface area contributed by atoms with Gasteiger partial charge in [0, 0.05) is 18.5 Å². The molecule has 0 aliphatic rings. The van der Waals surface area contributed by atoms with Crippen LogP contribution in [0.25, 0.3) is 0 Å². The predicted octanol–water partition coefficient (Wildman–Crippen LogP) is 2.83. The lowest BCUT2D eigenvalue weighted by molar-refractivity contribution is -0.141. The third-order valence-electron chi connectivity index (χ3n) is 3.26. The molecule has 21 heavy (non-hydrogen) atoms. The van der Waals surface area contributed by atoms with E-state index in [1.54, 1.807) is 25.7 Å². The molecule has 0 aromatic heterocycles. The maximum Gasteiger partial charge on any atom is 0.317 e. The Morgan fingerprint density at radius 2 is 1.95 bits per heavy atom. The molecule has 116 valence electrons. The van der Waals surface area contributed by atoms with Gasteiger partial charge in [-0.25, -0.2) is 4.79 Å². The van der Waals surface area contributed by atoms with Crippen molar-refractivity contribution in [2.45, 2.75) is 24.8 Å². The van der Waals surface area contributed by atoms with E-state index in [1.807, 2.05) is 37.4 Å². The number of hydrogen-bond acceptors (Lipinski definition) is 3. The first-order valence-corrected chi connectivity index (χ1v) is 7.96. The fourth-order valence-electron chi connectivity index (χ4n) is 1.97. The van der Waals surface area contributed by atoms with Crippen molar-refractivity contribution in [3.05, 3.63) is 29.8 Å². The number of benzene rings is 1. The Morgan fingerprint density at radius 1 is 1.33 bits per heavy atom. The molecule has 1 unspecified atom stereocenters. The van der Waals surface area contributed by atoms with Crippen LogP contribution in [0.15, 0.2) is 29.2 Å². The van der Waals surface area contributed by atoms with E-state index < -0.39 is 11.9 Å². The van der Waals surface area contributed by atoms with Crippen LogP contribution in [0.4, 0.5) is 4.79 Å². The number of carbonyl (C=O) groups excluding carboxylic acids is 1.